The number of carbonyl (C=O) groups is 1. The van der Waals surface area contributed by atoms with Crippen LogP contribution >= 0.6 is 0 Å². The molecule has 0 saturated carbocycles. The zero-order valence-electron chi connectivity index (χ0n) is 15.9. The molecule has 0 amide bonds. The van der Waals surface area contributed by atoms with E-state index in [0.29, 0.717) is 6.42 Å². The minimum atomic E-state index is 0.144. The fourth-order valence-corrected chi connectivity index (χ4v) is 3.95. The molecule has 2 heteroatoms. The number of ketones is 1. The van der Waals surface area contributed by atoms with Crippen LogP contribution in [0.5, 0.6) is 0 Å². The van der Waals surface area contributed by atoms with Crippen LogP contribution in [0.4, 0.5) is 0 Å². The van der Waals surface area contributed by atoms with E-state index in [0.717, 1.165) is 32.8 Å². The van der Waals surface area contributed by atoms with Crippen LogP contribution < -0.4 is 0 Å². The Balaban J connectivity index is 1.58. The predicted octanol–water partition coefficient (Wildman–Crippen LogP) is 6.48. The molecule has 5 aromatic rings. The summed E-state index contributed by atoms with van der Waals surface area (Å²) in [6, 6.07) is 30.5. The molecule has 29 heavy (non-hydrogen) atoms. The molecule has 0 atom stereocenters. The average molecular weight is 373 g/mol. The van der Waals surface area contributed by atoms with Gasteiger partial charge in [-0.25, -0.2) is 0 Å². The van der Waals surface area contributed by atoms with Gasteiger partial charge in [-0.05, 0) is 45.0 Å². The summed E-state index contributed by atoms with van der Waals surface area (Å²) < 4.78 is 0. The first-order valence-corrected chi connectivity index (χ1v) is 9.73. The van der Waals surface area contributed by atoms with Gasteiger partial charge >= 0.3 is 0 Å². The average Bonchev–Trinajstić information content (AvgIpc) is 2.78. The molecule has 5 rings (SSSR count). The Labute approximate surface area is 169 Å². The monoisotopic (exact) mass is 373 g/mol. The number of carbonyl (C=O) groups excluding carboxylic acids is 1. The number of fused-ring (bicyclic) bond motifs is 2. The van der Waals surface area contributed by atoms with Crippen molar-refractivity contribution in [1.82, 2.24) is 4.98 Å². The van der Waals surface area contributed by atoms with Gasteiger partial charge in [0, 0.05) is 29.8 Å². The molecule has 0 radical (unpaired) electrons. The van der Waals surface area contributed by atoms with Crippen LogP contribution in [0.1, 0.15) is 15.9 Å². The fourth-order valence-electron chi connectivity index (χ4n) is 3.95. The van der Waals surface area contributed by atoms with E-state index in [4.69, 9.17) is 0 Å². The third-order valence-corrected chi connectivity index (χ3v) is 5.38. The molecule has 0 fully saturated rings. The lowest BCUT2D eigenvalue weighted by Gasteiger charge is -2.10. The maximum absolute atomic E-state index is 13.0. The number of aromatic nitrogens is 1. The highest BCUT2D eigenvalue weighted by molar-refractivity contribution is 6.10. The summed E-state index contributed by atoms with van der Waals surface area (Å²) in [5, 5.41) is 4.38. The summed E-state index contributed by atoms with van der Waals surface area (Å²) in [6.07, 6.45) is 4.13. The van der Waals surface area contributed by atoms with Crippen LogP contribution in [-0.2, 0) is 6.42 Å². The maximum atomic E-state index is 13.0. The molecule has 0 aliphatic rings. The number of rotatable bonds is 4. The highest BCUT2D eigenvalue weighted by Gasteiger charge is 2.12. The van der Waals surface area contributed by atoms with E-state index in [9.17, 15) is 4.79 Å². The SMILES string of the molecule is O=C(Cc1ccccc1)c1cccc2cc(-c3cccc4cnccc34)ccc12. The van der Waals surface area contributed by atoms with Gasteiger partial charge in [0.1, 0.15) is 0 Å². The Morgan fingerprint density at radius 1 is 0.724 bits per heavy atom. The molecule has 138 valence electrons. The van der Waals surface area contributed by atoms with Gasteiger partial charge in [-0.2, -0.15) is 0 Å². The third kappa shape index (κ3) is 3.30. The summed E-state index contributed by atoms with van der Waals surface area (Å²) in [7, 11) is 0. The smallest absolute Gasteiger partial charge is 0.167 e. The fraction of sp³-hybridized carbons (Fsp3) is 0.0370. The molecule has 2 nitrogen and oxygen atoms in total. The van der Waals surface area contributed by atoms with Crippen LogP contribution in [0.2, 0.25) is 0 Å². The summed E-state index contributed by atoms with van der Waals surface area (Å²) >= 11 is 0. The van der Waals surface area contributed by atoms with Gasteiger partial charge in [-0.3, -0.25) is 9.78 Å². The molecule has 0 unspecified atom stereocenters. The lowest BCUT2D eigenvalue weighted by Crippen LogP contribution is -2.04. The van der Waals surface area contributed by atoms with E-state index in [2.05, 4.69) is 53.5 Å². The van der Waals surface area contributed by atoms with Gasteiger partial charge in [-0.15, -0.1) is 0 Å². The molecular weight excluding hydrogens is 354 g/mol. The molecular formula is C27H19NO. The van der Waals surface area contributed by atoms with Crippen molar-refractivity contribution in [1.29, 1.82) is 0 Å². The standard InChI is InChI=1S/C27H19NO/c29-27(16-19-6-2-1-3-7-19)26-11-4-8-20-17-21(12-13-24(20)26)23-10-5-9-22-18-28-15-14-25(22)23/h1-15,17-18H,16H2. The Hall–Kier alpha value is -3.78. The minimum absolute atomic E-state index is 0.144. The number of benzene rings is 4. The van der Waals surface area contributed by atoms with Crippen LogP contribution in [0.3, 0.4) is 0 Å². The summed E-state index contributed by atoms with van der Waals surface area (Å²) in [4.78, 5) is 17.2. The van der Waals surface area contributed by atoms with E-state index in [1.165, 1.54) is 10.9 Å². The number of hydrogen-bond donors (Lipinski definition) is 0. The maximum Gasteiger partial charge on any atom is 0.167 e. The van der Waals surface area contributed by atoms with Crippen molar-refractivity contribution in [2.24, 2.45) is 0 Å². The lowest BCUT2D eigenvalue weighted by molar-refractivity contribution is 0.0994. The Kier molecular flexibility index (Phi) is 4.38. The number of hydrogen-bond acceptors (Lipinski definition) is 2. The highest BCUT2D eigenvalue weighted by Crippen LogP contribution is 2.31. The van der Waals surface area contributed by atoms with E-state index >= 15 is 0 Å². The van der Waals surface area contributed by atoms with Crippen LogP contribution in [0, 0.1) is 0 Å². The zero-order chi connectivity index (χ0) is 19.6. The first-order valence-electron chi connectivity index (χ1n) is 9.73. The third-order valence-electron chi connectivity index (χ3n) is 5.38. The Morgan fingerprint density at radius 3 is 2.45 bits per heavy atom. The second-order valence-corrected chi connectivity index (χ2v) is 7.23. The summed E-state index contributed by atoms with van der Waals surface area (Å²) in [5.41, 5.74) is 4.13. The number of Topliss-reactive ketones (excluding diaryl/α,β-unsaturated/α-hetero) is 1. The topological polar surface area (TPSA) is 30.0 Å². The second-order valence-electron chi connectivity index (χ2n) is 7.23. The molecule has 1 heterocycles. The van der Waals surface area contributed by atoms with Crippen molar-refractivity contribution in [3.05, 3.63) is 115 Å². The molecule has 0 N–H and O–H groups in total. The molecule has 0 aliphatic heterocycles. The quantitative estimate of drug-likeness (QED) is 0.337. The first kappa shape index (κ1) is 17.3. The highest BCUT2D eigenvalue weighted by atomic mass is 16.1. The van der Waals surface area contributed by atoms with Crippen LogP contribution in [-0.4, -0.2) is 10.8 Å². The second kappa shape index (κ2) is 7.33. The molecule has 0 spiro atoms. The molecule has 0 saturated heterocycles. The molecule has 4 aromatic carbocycles. The molecule has 0 aliphatic carbocycles. The van der Waals surface area contributed by atoms with Crippen molar-refractivity contribution >= 4 is 27.3 Å². The normalized spacial score (nSPS) is 11.0. The van der Waals surface area contributed by atoms with E-state index in [1.807, 2.05) is 54.9 Å². The Morgan fingerprint density at radius 2 is 1.55 bits per heavy atom. The van der Waals surface area contributed by atoms with Gasteiger partial charge < -0.3 is 0 Å². The predicted molar refractivity (Wildman–Crippen MR) is 119 cm³/mol. The van der Waals surface area contributed by atoms with Crippen molar-refractivity contribution < 1.29 is 4.79 Å². The van der Waals surface area contributed by atoms with Gasteiger partial charge in [0.25, 0.3) is 0 Å². The number of pyridine rings is 1. The van der Waals surface area contributed by atoms with E-state index < -0.39 is 0 Å². The minimum Gasteiger partial charge on any atom is -0.294 e. The lowest BCUT2D eigenvalue weighted by atomic mass is 9.93. The van der Waals surface area contributed by atoms with Crippen molar-refractivity contribution in [2.45, 2.75) is 6.42 Å². The summed E-state index contributed by atoms with van der Waals surface area (Å²) in [6.45, 7) is 0. The van der Waals surface area contributed by atoms with Gasteiger partial charge in [0.05, 0.1) is 0 Å². The van der Waals surface area contributed by atoms with E-state index in [1.54, 1.807) is 0 Å². The van der Waals surface area contributed by atoms with Crippen molar-refractivity contribution in [3.8, 4) is 11.1 Å². The van der Waals surface area contributed by atoms with E-state index in [-0.39, 0.29) is 5.78 Å². The van der Waals surface area contributed by atoms with Gasteiger partial charge in [0.2, 0.25) is 0 Å². The van der Waals surface area contributed by atoms with Crippen LogP contribution in [0.25, 0.3) is 32.7 Å². The van der Waals surface area contributed by atoms with Gasteiger partial charge in [-0.1, -0.05) is 78.9 Å². The van der Waals surface area contributed by atoms with Crippen LogP contribution in [0.15, 0.2) is 103 Å². The van der Waals surface area contributed by atoms with Gasteiger partial charge in [0.15, 0.2) is 5.78 Å². The number of nitrogens with zero attached hydrogens (tertiary/aromatic N) is 1. The Bertz CT molecular complexity index is 1330. The van der Waals surface area contributed by atoms with Crippen molar-refractivity contribution in [3.63, 3.8) is 0 Å². The summed E-state index contributed by atoms with van der Waals surface area (Å²) in [5.74, 6) is 0.144. The zero-order valence-corrected chi connectivity index (χ0v) is 15.9. The largest absolute Gasteiger partial charge is 0.294 e. The molecule has 1 aromatic heterocycles. The van der Waals surface area contributed by atoms with Crippen molar-refractivity contribution in [2.75, 3.05) is 0 Å². The molecule has 0 bridgehead atoms. The first-order chi connectivity index (χ1) is 14.3.